The van der Waals surface area contributed by atoms with E-state index in [2.05, 4.69) is 0 Å². The Morgan fingerprint density at radius 3 is 1.88 bits per heavy atom. The molecule has 0 amide bonds. The van der Waals surface area contributed by atoms with Gasteiger partial charge in [0.15, 0.2) is 0 Å². The average Bonchev–Trinajstić information content (AvgIpc) is 1.69. The molecule has 0 atom stereocenters. The van der Waals surface area contributed by atoms with E-state index in [-0.39, 0.29) is 40.6 Å². The summed E-state index contributed by atoms with van der Waals surface area (Å²) in [5.41, 5.74) is 0. The van der Waals surface area contributed by atoms with Gasteiger partial charge in [0.2, 0.25) is 0 Å². The summed E-state index contributed by atoms with van der Waals surface area (Å²) in [6.07, 6.45) is 0. The molecule has 40 valence electrons. The Morgan fingerprint density at radius 2 is 1.62 bits per heavy atom. The van der Waals surface area contributed by atoms with E-state index in [0.717, 1.165) is 0 Å². The van der Waals surface area contributed by atoms with Crippen molar-refractivity contribution in [2.75, 3.05) is 0 Å². The molecule has 0 aliphatic heterocycles. The van der Waals surface area contributed by atoms with Crippen LogP contribution in [-0.2, 0) is 0 Å². The fourth-order valence-corrected chi connectivity index (χ4v) is 0.428. The van der Waals surface area contributed by atoms with Crippen molar-refractivity contribution in [3.63, 3.8) is 0 Å². The summed E-state index contributed by atoms with van der Waals surface area (Å²) in [6.45, 7) is 0. The molecule has 0 fully saturated rings. The van der Waals surface area contributed by atoms with Crippen molar-refractivity contribution in [3.05, 3.63) is 30.3 Å². The molecule has 1 N–H and O–H groups in total. The topological polar surface area (TPSA) is 20.2 Å². The number of phenolic OH excluding ortho intramolecular Hbond substituents is 1. The summed E-state index contributed by atoms with van der Waals surface area (Å²) in [6, 6.07) is 8.71. The Balaban J connectivity index is -0.000000163. The van der Waals surface area contributed by atoms with Crippen LogP contribution < -0.4 is 0 Å². The summed E-state index contributed by atoms with van der Waals surface area (Å²) in [7, 11) is 0. The third-order valence-corrected chi connectivity index (χ3v) is 0.756. The minimum atomic E-state index is 0. The summed E-state index contributed by atoms with van der Waals surface area (Å²) in [5.74, 6) is 0.322. The van der Waals surface area contributed by atoms with Crippen molar-refractivity contribution in [2.45, 2.75) is 0 Å². The van der Waals surface area contributed by atoms with E-state index >= 15 is 0 Å². The van der Waals surface area contributed by atoms with Crippen LogP contribution in [-0.4, -0.2) is 42.8 Å². The SMILES string of the molecule is Oc1ccccc1.[Ca+2].[H-].[H-]. The number of hydrogen-bond acceptors (Lipinski definition) is 1. The molecule has 0 aliphatic carbocycles. The maximum absolute atomic E-state index is 8.63. The van der Waals surface area contributed by atoms with Crippen molar-refractivity contribution in [3.8, 4) is 5.75 Å². The molecule has 0 unspecified atom stereocenters. The normalized spacial score (nSPS) is 7.50. The molecule has 0 spiro atoms. The van der Waals surface area contributed by atoms with Crippen molar-refractivity contribution < 1.29 is 7.96 Å². The van der Waals surface area contributed by atoms with Crippen molar-refractivity contribution >= 4 is 37.7 Å². The number of aromatic hydroxyl groups is 1. The van der Waals surface area contributed by atoms with Gasteiger partial charge in [0.25, 0.3) is 0 Å². The van der Waals surface area contributed by atoms with Crippen LogP contribution in [0.25, 0.3) is 0 Å². The fraction of sp³-hybridized carbons (Fsp3) is 0. The number of rotatable bonds is 0. The van der Waals surface area contributed by atoms with Crippen molar-refractivity contribution in [1.82, 2.24) is 0 Å². The molecule has 0 bridgehead atoms. The van der Waals surface area contributed by atoms with Gasteiger partial charge in [-0.1, -0.05) is 18.2 Å². The zero-order valence-corrected chi connectivity index (χ0v) is 6.75. The maximum atomic E-state index is 8.63. The van der Waals surface area contributed by atoms with E-state index in [1.165, 1.54) is 0 Å². The molecule has 0 saturated heterocycles. The minimum absolute atomic E-state index is 0. The molecule has 0 aromatic heterocycles. The van der Waals surface area contributed by atoms with Crippen LogP contribution in [0.2, 0.25) is 0 Å². The van der Waals surface area contributed by atoms with Gasteiger partial charge in [-0.3, -0.25) is 0 Å². The van der Waals surface area contributed by atoms with Crippen LogP contribution in [0, 0.1) is 0 Å². The summed E-state index contributed by atoms with van der Waals surface area (Å²) in [4.78, 5) is 0. The van der Waals surface area contributed by atoms with Gasteiger partial charge in [0, 0.05) is 0 Å². The molecule has 0 aliphatic rings. The molecule has 2 heteroatoms. The van der Waals surface area contributed by atoms with Gasteiger partial charge in [-0.15, -0.1) is 0 Å². The van der Waals surface area contributed by atoms with E-state index in [0.29, 0.717) is 5.75 Å². The second-order valence-electron chi connectivity index (χ2n) is 1.34. The van der Waals surface area contributed by atoms with Gasteiger partial charge >= 0.3 is 37.7 Å². The van der Waals surface area contributed by atoms with E-state index < -0.39 is 0 Å². The van der Waals surface area contributed by atoms with Gasteiger partial charge in [0.05, 0.1) is 0 Å². The molecular weight excluding hydrogens is 128 g/mol. The molecule has 1 nitrogen and oxygen atoms in total. The molecule has 8 heavy (non-hydrogen) atoms. The van der Waals surface area contributed by atoms with Crippen LogP contribution in [0.3, 0.4) is 0 Å². The quantitative estimate of drug-likeness (QED) is 0.532. The van der Waals surface area contributed by atoms with Crippen LogP contribution >= 0.6 is 0 Å². The van der Waals surface area contributed by atoms with Gasteiger partial charge in [-0.25, -0.2) is 0 Å². The molecule has 1 aromatic carbocycles. The molecule has 1 aromatic rings. The van der Waals surface area contributed by atoms with Gasteiger partial charge in [0.1, 0.15) is 5.75 Å². The average molecular weight is 136 g/mol. The summed E-state index contributed by atoms with van der Waals surface area (Å²) < 4.78 is 0. The number of benzene rings is 1. The van der Waals surface area contributed by atoms with E-state index in [1.54, 1.807) is 24.3 Å². The Bertz CT molecular complexity index is 146. The van der Waals surface area contributed by atoms with Crippen LogP contribution in [0.4, 0.5) is 0 Å². The second kappa shape index (κ2) is 4.19. The second-order valence-corrected chi connectivity index (χ2v) is 1.34. The monoisotopic (exact) mass is 136 g/mol. The zero-order chi connectivity index (χ0) is 5.11. The largest absolute Gasteiger partial charge is 2.00 e. The third kappa shape index (κ3) is 2.55. The van der Waals surface area contributed by atoms with Crippen LogP contribution in [0.5, 0.6) is 5.75 Å². The standard InChI is InChI=1S/C6H6O.Ca.2H/c7-6-4-2-1-3-5-6;;;/h1-5,7H;;;/q;+2;2*-1. The first-order chi connectivity index (χ1) is 3.39. The molecular formula is C6H8CaO. The van der Waals surface area contributed by atoms with Gasteiger partial charge in [-0.05, 0) is 12.1 Å². The number of para-hydroxylation sites is 1. The first kappa shape index (κ1) is 8.28. The van der Waals surface area contributed by atoms with Gasteiger partial charge < -0.3 is 7.96 Å². The molecule has 0 saturated carbocycles. The summed E-state index contributed by atoms with van der Waals surface area (Å²) >= 11 is 0. The minimum Gasteiger partial charge on any atom is -1.00 e. The van der Waals surface area contributed by atoms with E-state index in [9.17, 15) is 0 Å². The molecule has 1 rings (SSSR count). The fourth-order valence-electron chi connectivity index (χ4n) is 0.428. The Labute approximate surface area is 81.3 Å². The smallest absolute Gasteiger partial charge is 1.00 e. The Kier molecular flexibility index (Phi) is 4.33. The molecule has 0 heterocycles. The predicted molar refractivity (Wildman–Crippen MR) is 36.1 cm³/mol. The Morgan fingerprint density at radius 1 is 1.12 bits per heavy atom. The first-order valence-corrected chi connectivity index (χ1v) is 2.13. The van der Waals surface area contributed by atoms with Crippen LogP contribution in [0.1, 0.15) is 2.85 Å². The zero-order valence-electron chi connectivity index (χ0n) is 6.54. The van der Waals surface area contributed by atoms with E-state index in [4.69, 9.17) is 5.11 Å². The van der Waals surface area contributed by atoms with Gasteiger partial charge in [-0.2, -0.15) is 0 Å². The van der Waals surface area contributed by atoms with Crippen LogP contribution in [0.15, 0.2) is 30.3 Å². The number of phenols is 1. The van der Waals surface area contributed by atoms with Crippen molar-refractivity contribution in [2.24, 2.45) is 0 Å². The predicted octanol–water partition coefficient (Wildman–Crippen LogP) is 1.24. The Hall–Kier alpha value is 0.280. The first-order valence-electron chi connectivity index (χ1n) is 2.13. The summed E-state index contributed by atoms with van der Waals surface area (Å²) in [5, 5.41) is 8.63. The molecule has 0 radical (unpaired) electrons. The maximum Gasteiger partial charge on any atom is 2.00 e. The van der Waals surface area contributed by atoms with Crippen molar-refractivity contribution in [1.29, 1.82) is 0 Å². The van der Waals surface area contributed by atoms with E-state index in [1.807, 2.05) is 6.07 Å². The number of hydrogen-bond donors (Lipinski definition) is 1. The third-order valence-electron chi connectivity index (χ3n) is 0.756.